The Balaban J connectivity index is 2.37. The van der Waals surface area contributed by atoms with E-state index in [0.29, 0.717) is 13.1 Å². The summed E-state index contributed by atoms with van der Waals surface area (Å²) in [6.45, 7) is 5.84. The zero-order valence-electron chi connectivity index (χ0n) is 9.34. The lowest BCUT2D eigenvalue weighted by atomic mass is 10.1. The van der Waals surface area contributed by atoms with Gasteiger partial charge in [-0.15, -0.1) is 0 Å². The van der Waals surface area contributed by atoms with Crippen LogP contribution in [0.15, 0.2) is 24.3 Å². The highest BCUT2D eigenvalue weighted by Gasteiger charge is 2.00. The van der Waals surface area contributed by atoms with Gasteiger partial charge in [-0.1, -0.05) is 31.2 Å². The molecule has 0 spiro atoms. The summed E-state index contributed by atoms with van der Waals surface area (Å²) in [4.78, 5) is 11.3. The molecule has 0 fully saturated rings. The second-order valence-electron chi connectivity index (χ2n) is 3.48. The smallest absolute Gasteiger partial charge is 0.234 e. The van der Waals surface area contributed by atoms with E-state index in [2.05, 4.69) is 10.6 Å². The third kappa shape index (κ3) is 4.13. The predicted octanol–water partition coefficient (Wildman–Crippen LogP) is 1.22. The van der Waals surface area contributed by atoms with E-state index >= 15 is 0 Å². The van der Waals surface area contributed by atoms with Gasteiger partial charge in [-0.05, 0) is 24.6 Å². The van der Waals surface area contributed by atoms with E-state index < -0.39 is 0 Å². The van der Waals surface area contributed by atoms with Crippen molar-refractivity contribution in [1.82, 2.24) is 10.6 Å². The van der Waals surface area contributed by atoms with Crippen LogP contribution in [0.5, 0.6) is 0 Å². The fourth-order valence-corrected chi connectivity index (χ4v) is 1.30. The van der Waals surface area contributed by atoms with Gasteiger partial charge >= 0.3 is 0 Å². The molecule has 1 rings (SSSR count). The van der Waals surface area contributed by atoms with Crippen molar-refractivity contribution in [3.8, 4) is 0 Å². The number of carbonyl (C=O) groups is 1. The van der Waals surface area contributed by atoms with E-state index in [-0.39, 0.29) is 5.91 Å². The van der Waals surface area contributed by atoms with Crippen LogP contribution in [-0.4, -0.2) is 19.0 Å². The van der Waals surface area contributed by atoms with Crippen molar-refractivity contribution in [2.75, 3.05) is 13.1 Å². The Morgan fingerprint density at radius 1 is 1.33 bits per heavy atom. The van der Waals surface area contributed by atoms with E-state index in [1.165, 1.54) is 11.1 Å². The molecule has 0 atom stereocenters. The van der Waals surface area contributed by atoms with Crippen molar-refractivity contribution in [3.63, 3.8) is 0 Å². The molecule has 0 heterocycles. The van der Waals surface area contributed by atoms with Gasteiger partial charge in [-0.25, -0.2) is 0 Å². The van der Waals surface area contributed by atoms with Crippen LogP contribution < -0.4 is 10.6 Å². The van der Waals surface area contributed by atoms with Crippen molar-refractivity contribution in [3.05, 3.63) is 35.4 Å². The van der Waals surface area contributed by atoms with Gasteiger partial charge < -0.3 is 10.6 Å². The summed E-state index contributed by atoms with van der Waals surface area (Å²) < 4.78 is 0. The fourth-order valence-electron chi connectivity index (χ4n) is 1.30. The number of rotatable bonds is 5. The molecule has 0 aromatic heterocycles. The molecule has 3 heteroatoms. The lowest BCUT2D eigenvalue weighted by molar-refractivity contribution is -0.120. The Labute approximate surface area is 90.9 Å². The summed E-state index contributed by atoms with van der Waals surface area (Å²) >= 11 is 0. The van der Waals surface area contributed by atoms with Crippen molar-refractivity contribution in [2.24, 2.45) is 0 Å². The Kier molecular flexibility index (Phi) is 4.84. The van der Waals surface area contributed by atoms with Gasteiger partial charge in [0, 0.05) is 6.54 Å². The molecule has 0 unspecified atom stereocenters. The van der Waals surface area contributed by atoms with Crippen molar-refractivity contribution in [1.29, 1.82) is 0 Å². The van der Waals surface area contributed by atoms with E-state index in [1.54, 1.807) is 0 Å². The second-order valence-corrected chi connectivity index (χ2v) is 3.48. The van der Waals surface area contributed by atoms with Crippen LogP contribution in [0, 0.1) is 6.92 Å². The number of carbonyl (C=O) groups excluding carboxylic acids is 1. The second kappa shape index (κ2) is 6.19. The molecular weight excluding hydrogens is 188 g/mol. The van der Waals surface area contributed by atoms with Gasteiger partial charge in [0.25, 0.3) is 0 Å². The molecule has 0 radical (unpaired) electrons. The van der Waals surface area contributed by atoms with Gasteiger partial charge in [0.1, 0.15) is 0 Å². The molecule has 15 heavy (non-hydrogen) atoms. The minimum atomic E-state index is 0.0418. The first kappa shape index (κ1) is 11.7. The first-order valence-electron chi connectivity index (χ1n) is 5.26. The molecule has 1 aromatic rings. The molecule has 0 aliphatic carbocycles. The lowest BCUT2D eigenvalue weighted by Crippen LogP contribution is -2.33. The van der Waals surface area contributed by atoms with E-state index in [4.69, 9.17) is 0 Å². The summed E-state index contributed by atoms with van der Waals surface area (Å²) in [5.41, 5.74) is 2.38. The lowest BCUT2D eigenvalue weighted by Gasteiger charge is -2.07. The first-order valence-corrected chi connectivity index (χ1v) is 5.26. The molecule has 0 bridgehead atoms. The van der Waals surface area contributed by atoms with Crippen LogP contribution in [0.3, 0.4) is 0 Å². The van der Waals surface area contributed by atoms with E-state index in [9.17, 15) is 4.79 Å². The monoisotopic (exact) mass is 206 g/mol. The van der Waals surface area contributed by atoms with Crippen molar-refractivity contribution >= 4 is 5.91 Å². The average Bonchev–Trinajstić information content (AvgIpc) is 2.25. The molecule has 1 amide bonds. The van der Waals surface area contributed by atoms with Crippen LogP contribution >= 0.6 is 0 Å². The summed E-state index contributed by atoms with van der Waals surface area (Å²) in [6.07, 6.45) is 0. The van der Waals surface area contributed by atoms with Crippen LogP contribution in [0.2, 0.25) is 0 Å². The standard InChI is InChI=1S/C12H18N2O/c1-3-13-9-12(15)14-8-11-7-5-4-6-10(11)2/h4-7,13H,3,8-9H2,1-2H3,(H,14,15). The predicted molar refractivity (Wildman–Crippen MR) is 61.6 cm³/mol. The zero-order chi connectivity index (χ0) is 11.1. The summed E-state index contributed by atoms with van der Waals surface area (Å²) in [5.74, 6) is 0.0418. The largest absolute Gasteiger partial charge is 0.351 e. The normalized spacial score (nSPS) is 10.0. The molecule has 0 aliphatic rings. The number of likely N-dealkylation sites (N-methyl/N-ethyl adjacent to an activating group) is 1. The summed E-state index contributed by atoms with van der Waals surface area (Å²) in [6, 6.07) is 8.06. The van der Waals surface area contributed by atoms with Crippen LogP contribution in [0.1, 0.15) is 18.1 Å². The van der Waals surface area contributed by atoms with Crippen LogP contribution in [0.25, 0.3) is 0 Å². The molecule has 1 aromatic carbocycles. The first-order chi connectivity index (χ1) is 7.24. The van der Waals surface area contributed by atoms with E-state index in [0.717, 1.165) is 6.54 Å². The quantitative estimate of drug-likeness (QED) is 0.760. The maximum absolute atomic E-state index is 11.3. The number of amides is 1. The summed E-state index contributed by atoms with van der Waals surface area (Å²) in [5, 5.41) is 5.86. The average molecular weight is 206 g/mol. The minimum Gasteiger partial charge on any atom is -0.351 e. The third-order valence-corrected chi connectivity index (χ3v) is 2.27. The molecular formula is C12H18N2O. The number of hydrogen-bond donors (Lipinski definition) is 2. The van der Waals surface area contributed by atoms with Gasteiger partial charge in [0.05, 0.1) is 6.54 Å². The third-order valence-electron chi connectivity index (χ3n) is 2.27. The maximum Gasteiger partial charge on any atom is 0.234 e. The maximum atomic E-state index is 11.3. The number of hydrogen-bond acceptors (Lipinski definition) is 2. The summed E-state index contributed by atoms with van der Waals surface area (Å²) in [7, 11) is 0. The van der Waals surface area contributed by atoms with Crippen LogP contribution in [0.4, 0.5) is 0 Å². The Morgan fingerprint density at radius 2 is 2.07 bits per heavy atom. The Morgan fingerprint density at radius 3 is 2.73 bits per heavy atom. The fraction of sp³-hybridized carbons (Fsp3) is 0.417. The Hall–Kier alpha value is -1.35. The van der Waals surface area contributed by atoms with Gasteiger partial charge in [0.15, 0.2) is 0 Å². The molecule has 2 N–H and O–H groups in total. The highest BCUT2D eigenvalue weighted by Crippen LogP contribution is 2.05. The molecule has 3 nitrogen and oxygen atoms in total. The highest BCUT2D eigenvalue weighted by molar-refractivity contribution is 5.77. The van der Waals surface area contributed by atoms with Crippen molar-refractivity contribution in [2.45, 2.75) is 20.4 Å². The molecule has 82 valence electrons. The molecule has 0 saturated heterocycles. The Bertz CT molecular complexity index is 323. The molecule has 0 saturated carbocycles. The minimum absolute atomic E-state index is 0.0418. The van der Waals surface area contributed by atoms with Gasteiger partial charge in [-0.2, -0.15) is 0 Å². The van der Waals surface area contributed by atoms with Gasteiger partial charge in [-0.3, -0.25) is 4.79 Å². The van der Waals surface area contributed by atoms with E-state index in [1.807, 2.05) is 38.1 Å². The van der Waals surface area contributed by atoms with Crippen molar-refractivity contribution < 1.29 is 4.79 Å². The topological polar surface area (TPSA) is 41.1 Å². The SMILES string of the molecule is CCNCC(=O)NCc1ccccc1C. The highest BCUT2D eigenvalue weighted by atomic mass is 16.1. The number of benzene rings is 1. The molecule has 0 aliphatic heterocycles. The number of nitrogens with one attached hydrogen (secondary N) is 2. The number of aryl methyl sites for hydroxylation is 1. The van der Waals surface area contributed by atoms with Gasteiger partial charge in [0.2, 0.25) is 5.91 Å². The van der Waals surface area contributed by atoms with Crippen LogP contribution in [-0.2, 0) is 11.3 Å². The zero-order valence-corrected chi connectivity index (χ0v) is 9.34.